The molecule has 0 aliphatic carbocycles. The van der Waals surface area contributed by atoms with Crippen molar-refractivity contribution >= 4 is 39.5 Å². The van der Waals surface area contributed by atoms with Crippen molar-refractivity contribution in [2.75, 3.05) is 39.6 Å². The average molecular weight is 1320 g/mol. The second-order valence-electron chi connectivity index (χ2n) is 25.0. The van der Waals surface area contributed by atoms with E-state index in [9.17, 15) is 43.2 Å². The molecule has 0 heterocycles. The molecule has 0 amide bonds. The Kier molecular flexibility index (Phi) is 60.1. The van der Waals surface area contributed by atoms with Crippen LogP contribution in [0.15, 0.2) is 48.6 Å². The van der Waals surface area contributed by atoms with Gasteiger partial charge in [0, 0.05) is 25.7 Å². The van der Waals surface area contributed by atoms with Crippen LogP contribution in [0, 0.1) is 11.8 Å². The summed E-state index contributed by atoms with van der Waals surface area (Å²) < 4.78 is 68.2. The molecular formula is C71H130O17P2. The number of esters is 4. The van der Waals surface area contributed by atoms with E-state index in [1.807, 2.05) is 0 Å². The first-order valence-corrected chi connectivity index (χ1v) is 38.7. The van der Waals surface area contributed by atoms with Crippen LogP contribution in [-0.4, -0.2) is 96.7 Å². The van der Waals surface area contributed by atoms with Gasteiger partial charge in [-0.05, 0) is 88.9 Å². The molecule has 0 aliphatic rings. The van der Waals surface area contributed by atoms with Crippen molar-refractivity contribution in [1.82, 2.24) is 0 Å². The molecule has 0 aliphatic heterocycles. The Morgan fingerprint density at radius 1 is 0.367 bits per heavy atom. The van der Waals surface area contributed by atoms with Gasteiger partial charge < -0.3 is 33.8 Å². The van der Waals surface area contributed by atoms with E-state index in [0.29, 0.717) is 31.6 Å². The molecule has 0 fully saturated rings. The maximum absolute atomic E-state index is 13.0. The molecule has 17 nitrogen and oxygen atoms in total. The minimum Gasteiger partial charge on any atom is -0.462 e. The molecule has 0 aromatic carbocycles. The van der Waals surface area contributed by atoms with E-state index in [-0.39, 0.29) is 25.7 Å². The van der Waals surface area contributed by atoms with Gasteiger partial charge in [0.2, 0.25) is 0 Å². The Bertz CT molecular complexity index is 1940. The van der Waals surface area contributed by atoms with Crippen molar-refractivity contribution in [2.24, 2.45) is 11.8 Å². The lowest BCUT2D eigenvalue weighted by atomic mass is 10.00. The lowest BCUT2D eigenvalue weighted by Crippen LogP contribution is -2.30. The van der Waals surface area contributed by atoms with Crippen LogP contribution >= 0.6 is 15.6 Å². The van der Waals surface area contributed by atoms with E-state index >= 15 is 0 Å². The highest BCUT2D eigenvalue weighted by molar-refractivity contribution is 7.47. The van der Waals surface area contributed by atoms with Gasteiger partial charge in [0.1, 0.15) is 19.3 Å². The Labute approximate surface area is 547 Å². The molecule has 0 saturated carbocycles. The maximum Gasteiger partial charge on any atom is 0.472 e. The number of rotatable bonds is 66. The number of ether oxygens (including phenoxy) is 4. The van der Waals surface area contributed by atoms with E-state index in [0.717, 1.165) is 134 Å². The van der Waals surface area contributed by atoms with Gasteiger partial charge in [-0.1, -0.05) is 257 Å². The molecule has 3 N–H and O–H groups in total. The van der Waals surface area contributed by atoms with Crippen LogP contribution in [0.4, 0.5) is 0 Å². The Morgan fingerprint density at radius 2 is 0.656 bits per heavy atom. The smallest absolute Gasteiger partial charge is 0.462 e. The lowest BCUT2D eigenvalue weighted by molar-refractivity contribution is -0.161. The van der Waals surface area contributed by atoms with Crippen molar-refractivity contribution in [3.8, 4) is 0 Å². The first kappa shape index (κ1) is 87.0. The van der Waals surface area contributed by atoms with E-state index in [4.69, 9.17) is 37.0 Å². The molecule has 0 spiro atoms. The van der Waals surface area contributed by atoms with Crippen LogP contribution in [0.1, 0.15) is 311 Å². The summed E-state index contributed by atoms with van der Waals surface area (Å²) in [4.78, 5) is 72.5. The largest absolute Gasteiger partial charge is 0.472 e. The molecular weight excluding hydrogens is 1190 g/mol. The molecule has 0 rings (SSSR count). The van der Waals surface area contributed by atoms with Gasteiger partial charge in [-0.25, -0.2) is 9.13 Å². The minimum absolute atomic E-state index is 0.0813. The summed E-state index contributed by atoms with van der Waals surface area (Å²) in [5, 5.41) is 10.6. The molecule has 0 saturated heterocycles. The van der Waals surface area contributed by atoms with E-state index in [2.05, 4.69) is 90.2 Å². The second kappa shape index (κ2) is 62.2. The van der Waals surface area contributed by atoms with Crippen LogP contribution in [0.3, 0.4) is 0 Å². The zero-order chi connectivity index (χ0) is 66.5. The quantitative estimate of drug-likeness (QED) is 0.0169. The summed E-state index contributed by atoms with van der Waals surface area (Å²) in [6, 6.07) is 0. The Balaban J connectivity index is 5.32. The number of unbranched alkanes of at least 4 members (excludes halogenated alkanes) is 29. The standard InChI is InChI=1S/C71H130O17P2/c1-7-10-12-14-16-18-20-22-24-26-28-30-34-43-49-55-70(75)87-66(59-81-68(73)53-47-41-36-32-33-39-45-51-63(4)5)61-85-89(77,78)83-57-65(72)58-84-90(79,80)86-62-67(60-82-69(74)54-48-42-38-37-40-46-52-64(6)9-3)88-71(76)56-50-44-35-31-29-27-25-23-21-19-17-15-13-11-8-2/h18-25,63-67,72H,7-17,26-62H2,1-6H3,(H,77,78)(H,79,80)/b20-18-,21-19-,24-22-,25-23-/t64?,65?,66-,67-/m1/s1. The second-order valence-corrected chi connectivity index (χ2v) is 27.9. The average Bonchev–Trinajstić information content (AvgIpc) is 3.15. The summed E-state index contributed by atoms with van der Waals surface area (Å²) in [5.41, 5.74) is 0. The number of hydrogen-bond donors (Lipinski definition) is 3. The highest BCUT2D eigenvalue weighted by Gasteiger charge is 2.30. The summed E-state index contributed by atoms with van der Waals surface area (Å²) in [5.74, 6) is -0.762. The Morgan fingerprint density at radius 3 is 0.989 bits per heavy atom. The highest BCUT2D eigenvalue weighted by Crippen LogP contribution is 2.45. The van der Waals surface area contributed by atoms with Crippen molar-refractivity contribution in [2.45, 2.75) is 330 Å². The number of hydrogen-bond acceptors (Lipinski definition) is 15. The zero-order valence-electron chi connectivity index (χ0n) is 57.4. The number of carbonyl (C=O) groups excluding carboxylic acids is 4. The first-order chi connectivity index (χ1) is 43.4. The normalized spacial score (nSPS) is 14.8. The Hall–Kier alpha value is -2.98. The fraction of sp³-hybridized carbons (Fsp3) is 0.831. The fourth-order valence-corrected chi connectivity index (χ4v) is 11.2. The molecule has 4 unspecified atom stereocenters. The van der Waals surface area contributed by atoms with Crippen LogP contribution in [0.5, 0.6) is 0 Å². The fourth-order valence-electron chi connectivity index (χ4n) is 9.66. The SMILES string of the molecule is CCCCCC/C=C\C=C/CCCCCCCC(=O)O[C@H](COC(=O)CCCCCCCCCC(C)C)COP(=O)(O)OCC(O)COP(=O)(O)OC[C@@H](COC(=O)CCCCCCCCC(C)CC)OC(=O)CCCCCCC/C=C\C=C/CCCCCC. The molecule has 0 radical (unpaired) electrons. The van der Waals surface area contributed by atoms with Gasteiger partial charge in [-0.15, -0.1) is 0 Å². The van der Waals surface area contributed by atoms with E-state index < -0.39 is 97.5 Å². The minimum atomic E-state index is -4.96. The summed E-state index contributed by atoms with van der Waals surface area (Å²) >= 11 is 0. The van der Waals surface area contributed by atoms with Crippen LogP contribution < -0.4 is 0 Å². The maximum atomic E-state index is 13.0. The van der Waals surface area contributed by atoms with E-state index in [1.165, 1.54) is 89.9 Å². The van der Waals surface area contributed by atoms with Gasteiger partial charge in [-0.2, -0.15) is 0 Å². The van der Waals surface area contributed by atoms with Crippen molar-refractivity contribution in [3.63, 3.8) is 0 Å². The number of phosphoric ester groups is 2. The van der Waals surface area contributed by atoms with Crippen LogP contribution in [-0.2, 0) is 65.4 Å². The number of aliphatic hydroxyl groups excluding tert-OH is 1. The highest BCUT2D eigenvalue weighted by atomic mass is 31.2. The lowest BCUT2D eigenvalue weighted by Gasteiger charge is -2.21. The third-order valence-electron chi connectivity index (χ3n) is 15.6. The van der Waals surface area contributed by atoms with Crippen molar-refractivity contribution in [1.29, 1.82) is 0 Å². The molecule has 0 aromatic rings. The number of phosphoric acid groups is 2. The first-order valence-electron chi connectivity index (χ1n) is 35.7. The van der Waals surface area contributed by atoms with Crippen molar-refractivity contribution in [3.05, 3.63) is 48.6 Å². The summed E-state index contributed by atoms with van der Waals surface area (Å²) in [6.07, 6.45) is 53.1. The van der Waals surface area contributed by atoms with Crippen LogP contribution in [0.2, 0.25) is 0 Å². The van der Waals surface area contributed by atoms with Gasteiger partial charge in [-0.3, -0.25) is 37.3 Å². The van der Waals surface area contributed by atoms with Gasteiger partial charge in [0.25, 0.3) is 0 Å². The summed E-state index contributed by atoms with van der Waals surface area (Å²) in [6.45, 7) is 9.31. The molecule has 0 bridgehead atoms. The topological polar surface area (TPSA) is 237 Å². The third-order valence-corrected chi connectivity index (χ3v) is 17.5. The van der Waals surface area contributed by atoms with Gasteiger partial charge in [0.05, 0.1) is 26.4 Å². The van der Waals surface area contributed by atoms with Gasteiger partial charge in [0.15, 0.2) is 12.2 Å². The molecule has 0 aromatic heterocycles. The number of carbonyl (C=O) groups is 4. The monoisotopic (exact) mass is 1320 g/mol. The van der Waals surface area contributed by atoms with Crippen LogP contribution in [0.25, 0.3) is 0 Å². The van der Waals surface area contributed by atoms with Crippen molar-refractivity contribution < 1.29 is 80.2 Å². The molecule has 526 valence electrons. The summed E-state index contributed by atoms with van der Waals surface area (Å²) in [7, 11) is -9.93. The number of aliphatic hydroxyl groups is 1. The van der Waals surface area contributed by atoms with Gasteiger partial charge >= 0.3 is 39.5 Å². The number of allylic oxidation sites excluding steroid dienone is 8. The predicted molar refractivity (Wildman–Crippen MR) is 363 cm³/mol. The molecule has 90 heavy (non-hydrogen) atoms. The predicted octanol–water partition coefficient (Wildman–Crippen LogP) is 19.5. The zero-order valence-corrected chi connectivity index (χ0v) is 59.2. The third kappa shape index (κ3) is 62.5. The van der Waals surface area contributed by atoms with E-state index in [1.54, 1.807) is 0 Å². The molecule has 6 atom stereocenters. The molecule has 19 heteroatoms.